The van der Waals surface area contributed by atoms with E-state index in [9.17, 15) is 9.59 Å². The topological polar surface area (TPSA) is 87.0 Å². The SMILES string of the molecule is CC1=NN(c2ccccc2)C(=O)[C@H]1/C=N/NC(=O)c1cc(-c2ccccc2)nc2ccccc12. The highest BCUT2D eigenvalue weighted by Gasteiger charge is 2.33. The van der Waals surface area contributed by atoms with Crippen LogP contribution in [0.15, 0.2) is 101 Å². The second-order valence-corrected chi connectivity index (χ2v) is 7.86. The van der Waals surface area contributed by atoms with Crippen LogP contribution in [0.4, 0.5) is 5.69 Å². The zero-order valence-corrected chi connectivity index (χ0v) is 18.4. The van der Waals surface area contributed by atoms with Gasteiger partial charge in [0.2, 0.25) is 0 Å². The molecule has 0 saturated carbocycles. The molecule has 3 aromatic carbocycles. The van der Waals surface area contributed by atoms with Crippen molar-refractivity contribution in [3.8, 4) is 11.3 Å². The van der Waals surface area contributed by atoms with Crippen LogP contribution < -0.4 is 10.4 Å². The number of benzene rings is 3. The van der Waals surface area contributed by atoms with E-state index in [-0.39, 0.29) is 11.8 Å². The third-order valence-electron chi connectivity index (χ3n) is 5.60. The number of amides is 2. The Bertz CT molecular complexity index is 1430. The van der Waals surface area contributed by atoms with E-state index < -0.39 is 5.92 Å². The number of hydrazone groups is 2. The smallest absolute Gasteiger partial charge is 0.271 e. The van der Waals surface area contributed by atoms with Gasteiger partial charge in [-0.05, 0) is 31.2 Å². The second-order valence-electron chi connectivity index (χ2n) is 7.86. The van der Waals surface area contributed by atoms with E-state index in [1.807, 2.05) is 84.9 Å². The largest absolute Gasteiger partial charge is 0.272 e. The molecule has 0 bridgehead atoms. The minimum atomic E-state index is -0.644. The third-order valence-corrected chi connectivity index (χ3v) is 5.60. The van der Waals surface area contributed by atoms with Gasteiger partial charge >= 0.3 is 0 Å². The molecule has 7 nitrogen and oxygen atoms in total. The van der Waals surface area contributed by atoms with E-state index in [1.54, 1.807) is 13.0 Å². The molecule has 0 spiro atoms. The Balaban J connectivity index is 1.38. The average molecular weight is 447 g/mol. The van der Waals surface area contributed by atoms with Crippen LogP contribution in [0, 0.1) is 5.92 Å². The first-order chi connectivity index (χ1) is 16.6. The van der Waals surface area contributed by atoms with Crippen LogP contribution in [0.1, 0.15) is 17.3 Å². The number of rotatable bonds is 5. The molecule has 0 saturated heterocycles. The van der Waals surface area contributed by atoms with Crippen LogP contribution in [0.3, 0.4) is 0 Å². The lowest BCUT2D eigenvalue weighted by Gasteiger charge is -2.12. The average Bonchev–Trinajstić information content (AvgIpc) is 3.17. The molecular formula is C27H21N5O2. The molecule has 1 atom stereocenters. The van der Waals surface area contributed by atoms with Gasteiger partial charge < -0.3 is 0 Å². The molecular weight excluding hydrogens is 426 g/mol. The number of fused-ring (bicyclic) bond motifs is 1. The molecule has 5 rings (SSSR count). The Morgan fingerprint density at radius 1 is 0.971 bits per heavy atom. The van der Waals surface area contributed by atoms with E-state index in [1.165, 1.54) is 11.2 Å². The van der Waals surface area contributed by atoms with Crippen molar-refractivity contribution in [2.24, 2.45) is 16.1 Å². The third kappa shape index (κ3) is 4.06. The summed E-state index contributed by atoms with van der Waals surface area (Å²) >= 11 is 0. The molecule has 0 aliphatic carbocycles. The number of nitrogens with zero attached hydrogens (tertiary/aromatic N) is 4. The van der Waals surface area contributed by atoms with E-state index in [4.69, 9.17) is 4.98 Å². The van der Waals surface area contributed by atoms with Crippen molar-refractivity contribution in [1.82, 2.24) is 10.4 Å². The van der Waals surface area contributed by atoms with Gasteiger partial charge in [0.1, 0.15) is 5.92 Å². The highest BCUT2D eigenvalue weighted by molar-refractivity contribution is 6.23. The first-order valence-corrected chi connectivity index (χ1v) is 10.8. The summed E-state index contributed by atoms with van der Waals surface area (Å²) in [6, 6.07) is 28.1. The van der Waals surface area contributed by atoms with E-state index in [2.05, 4.69) is 15.6 Å². The summed E-state index contributed by atoms with van der Waals surface area (Å²) in [5, 5.41) is 10.5. The van der Waals surface area contributed by atoms with Crippen molar-refractivity contribution in [1.29, 1.82) is 0 Å². The minimum absolute atomic E-state index is 0.220. The van der Waals surface area contributed by atoms with E-state index >= 15 is 0 Å². The maximum Gasteiger partial charge on any atom is 0.272 e. The normalized spacial score (nSPS) is 15.7. The number of hydrogen-bond donors (Lipinski definition) is 1. The van der Waals surface area contributed by atoms with Crippen molar-refractivity contribution < 1.29 is 9.59 Å². The zero-order valence-electron chi connectivity index (χ0n) is 18.4. The van der Waals surface area contributed by atoms with Gasteiger partial charge in [-0.15, -0.1) is 0 Å². The summed E-state index contributed by atoms with van der Waals surface area (Å²) in [7, 11) is 0. The van der Waals surface area contributed by atoms with Gasteiger partial charge in [0.05, 0.1) is 28.2 Å². The molecule has 0 fully saturated rings. The van der Waals surface area contributed by atoms with E-state index in [0.29, 0.717) is 28.2 Å². The van der Waals surface area contributed by atoms with Gasteiger partial charge in [0.15, 0.2) is 0 Å². The fourth-order valence-electron chi connectivity index (χ4n) is 3.86. The van der Waals surface area contributed by atoms with E-state index in [0.717, 1.165) is 10.9 Å². The Morgan fingerprint density at radius 3 is 2.41 bits per heavy atom. The van der Waals surface area contributed by atoms with Crippen molar-refractivity contribution in [3.05, 3.63) is 96.6 Å². The van der Waals surface area contributed by atoms with Gasteiger partial charge in [0, 0.05) is 17.2 Å². The maximum atomic E-state index is 13.1. The standard InChI is InChI=1S/C27H21N5O2/c1-18-23(27(34)32(31-18)20-12-6-3-7-13-20)17-28-30-26(33)22-16-25(19-10-4-2-5-11-19)29-24-15-9-8-14-21(22)24/h2-17,23H,1H3,(H,30,33)/b28-17+/t23-/m0/s1. The van der Waals surface area contributed by atoms with Gasteiger partial charge in [-0.2, -0.15) is 15.2 Å². The highest BCUT2D eigenvalue weighted by atomic mass is 16.2. The lowest BCUT2D eigenvalue weighted by atomic mass is 10.0. The molecule has 1 aromatic heterocycles. The molecule has 0 radical (unpaired) electrons. The number of carbonyl (C=O) groups is 2. The van der Waals surface area contributed by atoms with Gasteiger partial charge in [0.25, 0.3) is 11.8 Å². The summed E-state index contributed by atoms with van der Waals surface area (Å²) in [4.78, 5) is 30.6. The van der Waals surface area contributed by atoms with Gasteiger partial charge in [-0.25, -0.2) is 10.4 Å². The number of nitrogens with one attached hydrogen (secondary N) is 1. The van der Waals surface area contributed by atoms with Crippen molar-refractivity contribution in [3.63, 3.8) is 0 Å². The summed E-state index contributed by atoms with van der Waals surface area (Å²) < 4.78 is 0. The molecule has 1 N–H and O–H groups in total. The zero-order chi connectivity index (χ0) is 23.5. The summed E-state index contributed by atoms with van der Waals surface area (Å²) in [5.41, 5.74) is 6.63. The van der Waals surface area contributed by atoms with Crippen LogP contribution in [-0.2, 0) is 4.79 Å². The molecule has 7 heteroatoms. The predicted octanol–water partition coefficient (Wildman–Crippen LogP) is 4.66. The Labute approximate surface area is 196 Å². The highest BCUT2D eigenvalue weighted by Crippen LogP contribution is 2.25. The number of pyridine rings is 1. The fraction of sp³-hybridized carbons (Fsp3) is 0.0741. The first kappa shape index (κ1) is 21.2. The number of anilines is 1. The molecule has 1 aliphatic rings. The van der Waals surface area contributed by atoms with Crippen molar-refractivity contribution in [2.75, 3.05) is 5.01 Å². The minimum Gasteiger partial charge on any atom is -0.271 e. The van der Waals surface area contributed by atoms with Crippen LogP contribution in [-0.4, -0.2) is 28.7 Å². The molecule has 2 heterocycles. The lowest BCUT2D eigenvalue weighted by molar-refractivity contribution is -0.118. The van der Waals surface area contributed by atoms with Crippen LogP contribution in [0.5, 0.6) is 0 Å². The molecule has 1 aliphatic heterocycles. The van der Waals surface area contributed by atoms with Gasteiger partial charge in [-0.1, -0.05) is 66.7 Å². The van der Waals surface area contributed by atoms with Gasteiger partial charge in [-0.3, -0.25) is 9.59 Å². The quantitative estimate of drug-likeness (QED) is 0.357. The Hall–Kier alpha value is -4.65. The Morgan fingerprint density at radius 2 is 1.65 bits per heavy atom. The van der Waals surface area contributed by atoms with Crippen LogP contribution in [0.2, 0.25) is 0 Å². The number of carbonyl (C=O) groups excluding carboxylic acids is 2. The van der Waals surface area contributed by atoms with Crippen molar-refractivity contribution in [2.45, 2.75) is 6.92 Å². The predicted molar refractivity (Wildman–Crippen MR) is 134 cm³/mol. The summed E-state index contributed by atoms with van der Waals surface area (Å²) in [5.74, 6) is -1.25. The monoisotopic (exact) mass is 447 g/mol. The Kier molecular flexibility index (Phi) is 5.66. The number of para-hydroxylation sites is 2. The molecule has 34 heavy (non-hydrogen) atoms. The number of aromatic nitrogens is 1. The molecule has 4 aromatic rings. The fourth-order valence-corrected chi connectivity index (χ4v) is 3.86. The second kappa shape index (κ2) is 9.07. The summed E-state index contributed by atoms with van der Waals surface area (Å²) in [6.45, 7) is 1.77. The van der Waals surface area contributed by atoms with Crippen LogP contribution in [0.25, 0.3) is 22.2 Å². The van der Waals surface area contributed by atoms with Crippen molar-refractivity contribution >= 4 is 40.3 Å². The summed E-state index contributed by atoms with van der Waals surface area (Å²) in [6.07, 6.45) is 1.42. The maximum absolute atomic E-state index is 13.1. The molecule has 0 unspecified atom stereocenters. The van der Waals surface area contributed by atoms with Crippen LogP contribution >= 0.6 is 0 Å². The molecule has 2 amide bonds. The lowest BCUT2D eigenvalue weighted by Crippen LogP contribution is -2.29. The molecule has 166 valence electrons. The number of hydrogen-bond acceptors (Lipinski definition) is 5. The first-order valence-electron chi connectivity index (χ1n) is 10.8.